The molecular formula is C11H15NO4. The Morgan fingerprint density at radius 3 is 2.88 bits per heavy atom. The number of carboxylic acids is 1. The maximum Gasteiger partial charge on any atom is 0.410 e. The van der Waals surface area contributed by atoms with Gasteiger partial charge in [0, 0.05) is 13.1 Å². The van der Waals surface area contributed by atoms with Crippen LogP contribution in [0.5, 0.6) is 0 Å². The lowest BCUT2D eigenvalue weighted by molar-refractivity contribution is -0.149. The zero-order chi connectivity index (χ0) is 11.7. The van der Waals surface area contributed by atoms with Gasteiger partial charge in [0.25, 0.3) is 0 Å². The van der Waals surface area contributed by atoms with E-state index in [1.54, 1.807) is 4.90 Å². The van der Waals surface area contributed by atoms with E-state index in [4.69, 9.17) is 9.84 Å². The molecule has 1 saturated carbocycles. The standard InChI is InChI=1S/C11H15NO4/c1-2-3-16-11(15)12-5-7-4-8(10(13)14)9(7)6-12/h2,7-9H,1,3-6H2,(H,13,14)/t7-,8-,9+/m1/s1. The first-order valence-electron chi connectivity index (χ1n) is 5.39. The van der Waals surface area contributed by atoms with E-state index in [-0.39, 0.29) is 24.5 Å². The van der Waals surface area contributed by atoms with E-state index in [0.29, 0.717) is 25.4 Å². The Kier molecular flexibility index (Phi) is 2.85. The Morgan fingerprint density at radius 1 is 1.50 bits per heavy atom. The van der Waals surface area contributed by atoms with Crippen molar-refractivity contribution < 1.29 is 19.4 Å². The average Bonchev–Trinajstić information content (AvgIpc) is 2.53. The van der Waals surface area contributed by atoms with Gasteiger partial charge in [-0.25, -0.2) is 4.79 Å². The lowest BCUT2D eigenvalue weighted by atomic mass is 9.67. The van der Waals surface area contributed by atoms with Crippen LogP contribution in [0.15, 0.2) is 12.7 Å². The topological polar surface area (TPSA) is 66.8 Å². The molecule has 5 heteroatoms. The zero-order valence-corrected chi connectivity index (χ0v) is 8.96. The zero-order valence-electron chi connectivity index (χ0n) is 8.96. The van der Waals surface area contributed by atoms with E-state index < -0.39 is 5.97 Å². The average molecular weight is 225 g/mol. The summed E-state index contributed by atoms with van der Waals surface area (Å²) in [5.41, 5.74) is 0. The lowest BCUT2D eigenvalue weighted by Gasteiger charge is -2.35. The molecule has 2 fully saturated rings. The van der Waals surface area contributed by atoms with Crippen molar-refractivity contribution in [2.45, 2.75) is 6.42 Å². The first-order chi connectivity index (χ1) is 7.63. The van der Waals surface area contributed by atoms with Gasteiger partial charge in [-0.15, -0.1) is 0 Å². The Balaban J connectivity index is 1.86. The second kappa shape index (κ2) is 4.15. The summed E-state index contributed by atoms with van der Waals surface area (Å²) in [7, 11) is 0. The van der Waals surface area contributed by atoms with E-state index >= 15 is 0 Å². The van der Waals surface area contributed by atoms with Gasteiger partial charge < -0.3 is 14.7 Å². The fourth-order valence-electron chi connectivity index (χ4n) is 2.56. The first-order valence-corrected chi connectivity index (χ1v) is 5.39. The number of amides is 1. The molecular weight excluding hydrogens is 210 g/mol. The lowest BCUT2D eigenvalue weighted by Crippen LogP contribution is -2.40. The van der Waals surface area contributed by atoms with Crippen LogP contribution in [0.3, 0.4) is 0 Å². The van der Waals surface area contributed by atoms with E-state index in [9.17, 15) is 9.59 Å². The molecule has 88 valence electrons. The molecule has 5 nitrogen and oxygen atoms in total. The molecule has 1 saturated heterocycles. The van der Waals surface area contributed by atoms with Gasteiger partial charge in [0.1, 0.15) is 6.61 Å². The van der Waals surface area contributed by atoms with Gasteiger partial charge in [-0.3, -0.25) is 4.79 Å². The smallest absolute Gasteiger partial charge is 0.410 e. The van der Waals surface area contributed by atoms with Crippen LogP contribution in [-0.2, 0) is 9.53 Å². The molecule has 0 bridgehead atoms. The number of likely N-dealkylation sites (tertiary alicyclic amines) is 1. The van der Waals surface area contributed by atoms with Crippen molar-refractivity contribution in [2.75, 3.05) is 19.7 Å². The number of carbonyl (C=O) groups is 2. The summed E-state index contributed by atoms with van der Waals surface area (Å²) in [6.07, 6.45) is 1.84. The van der Waals surface area contributed by atoms with E-state index in [0.717, 1.165) is 0 Å². The predicted molar refractivity (Wildman–Crippen MR) is 55.8 cm³/mol. The van der Waals surface area contributed by atoms with Crippen molar-refractivity contribution in [3.8, 4) is 0 Å². The fraction of sp³-hybridized carbons (Fsp3) is 0.636. The Hall–Kier alpha value is -1.52. The van der Waals surface area contributed by atoms with E-state index in [1.807, 2.05) is 0 Å². The van der Waals surface area contributed by atoms with Crippen LogP contribution in [0.1, 0.15) is 6.42 Å². The van der Waals surface area contributed by atoms with Crippen molar-refractivity contribution >= 4 is 12.1 Å². The summed E-state index contributed by atoms with van der Waals surface area (Å²) >= 11 is 0. The molecule has 0 aromatic heterocycles. The molecule has 1 aliphatic heterocycles. The van der Waals surface area contributed by atoms with Gasteiger partial charge in [-0.1, -0.05) is 12.7 Å². The number of rotatable bonds is 3. The SMILES string of the molecule is C=CCOC(=O)N1C[C@H]2C[C@@H](C(=O)O)[C@H]2C1. The van der Waals surface area contributed by atoms with Gasteiger partial charge in [-0.05, 0) is 18.3 Å². The number of aliphatic carboxylic acids is 1. The fourth-order valence-corrected chi connectivity index (χ4v) is 2.56. The number of hydrogen-bond donors (Lipinski definition) is 1. The molecule has 0 aromatic carbocycles. The largest absolute Gasteiger partial charge is 0.481 e. The molecule has 1 aliphatic carbocycles. The molecule has 2 aliphatic rings. The highest BCUT2D eigenvalue weighted by molar-refractivity contribution is 5.73. The van der Waals surface area contributed by atoms with Crippen molar-refractivity contribution in [3.63, 3.8) is 0 Å². The monoisotopic (exact) mass is 225 g/mol. The van der Waals surface area contributed by atoms with Gasteiger partial charge in [-0.2, -0.15) is 0 Å². The molecule has 16 heavy (non-hydrogen) atoms. The maximum atomic E-state index is 11.5. The molecule has 3 atom stereocenters. The summed E-state index contributed by atoms with van der Waals surface area (Å²) in [4.78, 5) is 23.9. The number of carboxylic acid groups (broad SMARTS) is 1. The summed E-state index contributed by atoms with van der Waals surface area (Å²) < 4.78 is 4.92. The summed E-state index contributed by atoms with van der Waals surface area (Å²) in [5, 5.41) is 8.90. The summed E-state index contributed by atoms with van der Waals surface area (Å²) in [6.45, 7) is 4.81. The number of carbonyl (C=O) groups excluding carboxylic acids is 1. The van der Waals surface area contributed by atoms with E-state index in [2.05, 4.69) is 6.58 Å². The number of ether oxygens (including phenoxy) is 1. The van der Waals surface area contributed by atoms with Crippen LogP contribution in [0.2, 0.25) is 0 Å². The molecule has 2 rings (SSSR count). The highest BCUT2D eigenvalue weighted by Crippen LogP contribution is 2.45. The number of fused-ring (bicyclic) bond motifs is 1. The minimum absolute atomic E-state index is 0.119. The Bertz CT molecular complexity index is 328. The van der Waals surface area contributed by atoms with Crippen LogP contribution in [0, 0.1) is 17.8 Å². The van der Waals surface area contributed by atoms with Crippen LogP contribution < -0.4 is 0 Å². The molecule has 0 unspecified atom stereocenters. The molecule has 1 heterocycles. The second-order valence-corrected chi connectivity index (χ2v) is 4.37. The van der Waals surface area contributed by atoms with Crippen LogP contribution in [-0.4, -0.2) is 41.8 Å². The van der Waals surface area contributed by atoms with Crippen molar-refractivity contribution in [1.29, 1.82) is 0 Å². The van der Waals surface area contributed by atoms with Crippen LogP contribution in [0.25, 0.3) is 0 Å². The molecule has 1 N–H and O–H groups in total. The third kappa shape index (κ3) is 1.77. The van der Waals surface area contributed by atoms with Crippen LogP contribution in [0.4, 0.5) is 4.79 Å². The molecule has 1 amide bonds. The van der Waals surface area contributed by atoms with Gasteiger partial charge in [0.2, 0.25) is 0 Å². The predicted octanol–water partition coefficient (Wildman–Crippen LogP) is 0.962. The van der Waals surface area contributed by atoms with Gasteiger partial charge in [0.15, 0.2) is 0 Å². The molecule has 0 aromatic rings. The Morgan fingerprint density at radius 2 is 2.25 bits per heavy atom. The van der Waals surface area contributed by atoms with Gasteiger partial charge in [0.05, 0.1) is 5.92 Å². The van der Waals surface area contributed by atoms with Crippen molar-refractivity contribution in [2.24, 2.45) is 17.8 Å². The maximum absolute atomic E-state index is 11.5. The highest BCUT2D eigenvalue weighted by Gasteiger charge is 2.51. The van der Waals surface area contributed by atoms with Crippen molar-refractivity contribution in [1.82, 2.24) is 4.90 Å². The Labute approximate surface area is 93.7 Å². The second-order valence-electron chi connectivity index (χ2n) is 4.37. The molecule has 0 spiro atoms. The minimum atomic E-state index is -0.748. The number of hydrogen-bond acceptors (Lipinski definition) is 3. The normalized spacial score (nSPS) is 31.5. The summed E-state index contributed by atoms with van der Waals surface area (Å²) in [6, 6.07) is 0. The molecule has 0 radical (unpaired) electrons. The quantitative estimate of drug-likeness (QED) is 0.726. The summed E-state index contributed by atoms with van der Waals surface area (Å²) in [5.74, 6) is -0.559. The highest BCUT2D eigenvalue weighted by atomic mass is 16.6. The minimum Gasteiger partial charge on any atom is -0.481 e. The van der Waals surface area contributed by atoms with Crippen LogP contribution >= 0.6 is 0 Å². The third-order valence-corrected chi connectivity index (χ3v) is 3.47. The van der Waals surface area contributed by atoms with E-state index in [1.165, 1.54) is 6.08 Å². The van der Waals surface area contributed by atoms with Crippen molar-refractivity contribution in [3.05, 3.63) is 12.7 Å². The van der Waals surface area contributed by atoms with Gasteiger partial charge >= 0.3 is 12.1 Å². The third-order valence-electron chi connectivity index (χ3n) is 3.47. The first kappa shape index (κ1) is 11.0. The number of nitrogens with zero attached hydrogens (tertiary/aromatic N) is 1.